The van der Waals surface area contributed by atoms with Gasteiger partial charge in [-0.15, -0.1) is 0 Å². The summed E-state index contributed by atoms with van der Waals surface area (Å²) in [6, 6.07) is 19.9. The molecule has 0 saturated carbocycles. The summed E-state index contributed by atoms with van der Waals surface area (Å²) in [4.78, 5) is 54.4. The summed E-state index contributed by atoms with van der Waals surface area (Å²) in [6.07, 6.45) is 5.98. The summed E-state index contributed by atoms with van der Waals surface area (Å²) < 4.78 is 29.1. The fourth-order valence-corrected chi connectivity index (χ4v) is 8.47. The number of hydrogen-bond acceptors (Lipinski definition) is 10. The van der Waals surface area contributed by atoms with Gasteiger partial charge in [0.05, 0.1) is 71.3 Å². The second-order valence-corrected chi connectivity index (χ2v) is 22.7. The molecule has 0 aromatic heterocycles. The zero-order chi connectivity index (χ0) is 59.4. The average Bonchev–Trinajstić information content (AvgIpc) is 3.38. The van der Waals surface area contributed by atoms with Gasteiger partial charge in [-0.1, -0.05) is 192 Å². The predicted molar refractivity (Wildman–Crippen MR) is 395 cm³/mol. The summed E-state index contributed by atoms with van der Waals surface area (Å²) in [5.41, 5.74) is 4.32. The van der Waals surface area contributed by atoms with Gasteiger partial charge >= 0.3 is 29.8 Å². The van der Waals surface area contributed by atoms with E-state index in [9.17, 15) is 24.0 Å². The summed E-state index contributed by atoms with van der Waals surface area (Å²) >= 11 is 0. The van der Waals surface area contributed by atoms with E-state index >= 15 is 0 Å². The van der Waals surface area contributed by atoms with Crippen LogP contribution in [0.4, 0.5) is 0 Å². The van der Waals surface area contributed by atoms with Crippen LogP contribution in [0.25, 0.3) is 0 Å². The lowest BCUT2D eigenvalue weighted by atomic mass is 9.97. The van der Waals surface area contributed by atoms with Gasteiger partial charge in [0.25, 0.3) is 0 Å². The maximum atomic E-state index is 12.2. The van der Waals surface area contributed by atoms with Crippen LogP contribution >= 0.6 is 0 Å². The molecule has 572 valence electrons. The molecular weight excluding hydrogens is 1260 g/mol. The number of ether oxygens (including phenoxy) is 5. The van der Waals surface area contributed by atoms with Crippen LogP contribution in [0, 0.1) is 0 Å². The van der Waals surface area contributed by atoms with E-state index in [4.69, 9.17) is 23.7 Å². The van der Waals surface area contributed by atoms with Crippen molar-refractivity contribution in [2.75, 3.05) is 93.1 Å². The fourth-order valence-electron chi connectivity index (χ4n) is 8.47. The molecule has 3 heterocycles. The minimum atomic E-state index is -0.195. The van der Waals surface area contributed by atoms with Crippen LogP contribution < -0.4 is 49.6 Å². The van der Waals surface area contributed by atoms with Gasteiger partial charge in [-0.3, -0.25) is 14.4 Å². The number of benzene rings is 2. The normalized spacial score (nSPS) is 15.4. The number of hydrogen-bond donors (Lipinski definition) is 0. The monoisotopic (exact) mass is 1420 g/mol. The van der Waals surface area contributed by atoms with Gasteiger partial charge in [0.2, 0.25) is 0 Å². The first-order valence-electron chi connectivity index (χ1n) is 29.4. The number of quaternary nitrogens is 4. The third-order valence-electron chi connectivity index (χ3n) is 14.9. The summed E-state index contributed by atoms with van der Waals surface area (Å²) in [6.45, 7) is 47.9. The predicted octanol–water partition coefficient (Wildman–Crippen LogP) is 7.49. The van der Waals surface area contributed by atoms with Crippen molar-refractivity contribution in [3.05, 3.63) is 71.3 Å². The Kier molecular flexibility index (Phi) is 110. The van der Waals surface area contributed by atoms with E-state index in [0.29, 0.717) is 19.0 Å². The van der Waals surface area contributed by atoms with E-state index < -0.39 is 0 Å². The molecule has 6 atom stereocenters. The van der Waals surface area contributed by atoms with Gasteiger partial charge < -0.3 is 91.2 Å². The molecule has 93 heavy (non-hydrogen) atoms. The molecule has 2 bridgehead atoms. The second kappa shape index (κ2) is 74.6. The Labute approximate surface area is 607 Å². The van der Waals surface area contributed by atoms with E-state index in [1.54, 1.807) is 0 Å². The van der Waals surface area contributed by atoms with Crippen molar-refractivity contribution in [1.29, 1.82) is 0 Å². The first kappa shape index (κ1) is 137. The van der Waals surface area contributed by atoms with E-state index in [2.05, 4.69) is 117 Å². The highest BCUT2D eigenvalue weighted by atomic mass is 35.5. The Balaban J connectivity index is -0.0000000457. The van der Waals surface area contributed by atoms with Crippen molar-refractivity contribution < 1.29 is 115 Å². The highest BCUT2D eigenvalue weighted by Gasteiger charge is 2.50. The number of carbonyl (C=O) groups is 5. The molecule has 0 spiro atoms. The zero-order valence-corrected chi connectivity index (χ0v) is 57.5. The molecule has 0 aliphatic carbocycles. The first-order chi connectivity index (χ1) is 36.0. The first-order valence-corrected chi connectivity index (χ1v) is 29.4. The van der Waals surface area contributed by atoms with Gasteiger partial charge in [-0.05, 0) is 105 Å². The van der Waals surface area contributed by atoms with E-state index in [-0.39, 0.29) is 199 Å². The molecule has 0 N–H and O–H groups in total. The molecule has 5 rings (SSSR count). The second-order valence-electron chi connectivity index (χ2n) is 22.7. The number of carbonyl (C=O) groups excluding carboxylic acids is 5. The average molecular weight is 1420 g/mol. The minimum absolute atomic E-state index is 0. The number of piperazine rings is 3. The standard InChI is InChI=1S/C19H30N2O2.C14H24N.C12H26NO2.3C6H12O2.12CH4.4ClH/c1-3-17(2)23-19(22)16-21-12-9-20(10-13-21,11-14-21)15-18-7-5-4-6-8-18;1-6-12(2)14-9-7-13(8-10-14)11-15(3,4)5;1-6-11(5)15-12(14)10-13(7-2,8-3)9-4;3*1-4-5(2)8-6(3)7;;;;;;;;;;;;;;;;/h4-8,17H,3,9-16H2,1-2H3;7-10,12H,6,11H2,1-5H3;11H,6-10H2,1-5H3;3*5H,4H2,1-3H3;12*1H4;4*1H/q+2;2*+1;;;;;;;;;;;;;;;;;;;/p-4. The minimum Gasteiger partial charge on any atom is -1.00 e. The Bertz CT molecular complexity index is 1840. The summed E-state index contributed by atoms with van der Waals surface area (Å²) in [5, 5.41) is 0. The van der Waals surface area contributed by atoms with Crippen molar-refractivity contribution >= 4 is 29.8 Å². The molecule has 6 unspecified atom stereocenters. The smallest absolute Gasteiger partial charge is 0.362 e. The van der Waals surface area contributed by atoms with Gasteiger partial charge in [0, 0.05) is 31.9 Å². The largest absolute Gasteiger partial charge is 1.00 e. The van der Waals surface area contributed by atoms with Crippen LogP contribution in [0.1, 0.15) is 275 Å². The van der Waals surface area contributed by atoms with Gasteiger partial charge in [0.15, 0.2) is 13.1 Å². The summed E-state index contributed by atoms with van der Waals surface area (Å²) in [5.74, 6) is 0.0282. The lowest BCUT2D eigenvalue weighted by Crippen LogP contribution is -3.00. The molecule has 14 nitrogen and oxygen atoms in total. The number of nitrogens with zero attached hydrogens (tertiary/aromatic N) is 4. The van der Waals surface area contributed by atoms with Crippen molar-refractivity contribution in [2.24, 2.45) is 0 Å². The number of halogens is 4. The molecule has 0 radical (unpaired) electrons. The highest BCUT2D eigenvalue weighted by Crippen LogP contribution is 2.29. The lowest BCUT2D eigenvalue weighted by molar-refractivity contribution is -1.08. The molecule has 18 heteroatoms. The Morgan fingerprint density at radius 2 is 0.688 bits per heavy atom. The molecule has 3 aliphatic rings. The maximum Gasteiger partial charge on any atom is 0.362 e. The van der Waals surface area contributed by atoms with E-state index in [0.717, 1.165) is 97.9 Å². The van der Waals surface area contributed by atoms with E-state index in [1.807, 2.05) is 62.3 Å². The molecular formula is C75H164Cl4N4O10. The summed E-state index contributed by atoms with van der Waals surface area (Å²) in [7, 11) is 6.67. The Morgan fingerprint density at radius 1 is 0.398 bits per heavy atom. The zero-order valence-electron chi connectivity index (χ0n) is 54.5. The highest BCUT2D eigenvalue weighted by molar-refractivity contribution is 5.71. The van der Waals surface area contributed by atoms with Crippen LogP contribution in [-0.4, -0.2) is 171 Å². The molecule has 2 aromatic rings. The Morgan fingerprint density at radius 3 is 0.946 bits per heavy atom. The van der Waals surface area contributed by atoms with Crippen molar-refractivity contribution in [3.63, 3.8) is 0 Å². The Hall–Kier alpha value is -3.21. The topological polar surface area (TPSA) is 132 Å². The third kappa shape index (κ3) is 65.8. The van der Waals surface area contributed by atoms with Crippen molar-refractivity contribution in [1.82, 2.24) is 0 Å². The quantitative estimate of drug-likeness (QED) is 0.0627. The third-order valence-corrected chi connectivity index (χ3v) is 14.9. The molecule has 0 amide bonds. The number of likely N-dealkylation sites (N-methyl/N-ethyl adjacent to an activating group) is 1. The molecule has 3 aliphatic heterocycles. The van der Waals surface area contributed by atoms with Gasteiger partial charge in [-0.25, -0.2) is 9.59 Å². The SMILES string of the molecule is C.C.C.C.C.C.C.C.C.C.C.C.CCC(C)OC(=O)C[N+](CC)(CC)CC.CCC(C)OC(=O)C[N+]12CC[N+](Cc3ccccc3)(CC1)CC2.CCC(C)OC(C)=O.CCC(C)OC(C)=O.CCC(C)OC(C)=O.CCC(C)c1ccc(C[N+](C)(C)C)cc1.[Cl-].[Cl-].[Cl-].[Cl-]. The van der Waals surface area contributed by atoms with Crippen LogP contribution in [0.2, 0.25) is 0 Å². The van der Waals surface area contributed by atoms with Crippen LogP contribution in [0.5, 0.6) is 0 Å². The van der Waals surface area contributed by atoms with Gasteiger partial charge in [0.1, 0.15) is 52.4 Å². The van der Waals surface area contributed by atoms with Crippen LogP contribution in [0.15, 0.2) is 54.6 Å². The fraction of sp³-hybridized carbons (Fsp3) is 0.773. The number of fused-ring (bicyclic) bond motifs is 3. The van der Waals surface area contributed by atoms with Crippen molar-refractivity contribution in [3.8, 4) is 0 Å². The van der Waals surface area contributed by atoms with Crippen LogP contribution in [0.3, 0.4) is 0 Å². The maximum absolute atomic E-state index is 12.2. The van der Waals surface area contributed by atoms with Gasteiger partial charge in [-0.2, -0.15) is 0 Å². The molecule has 3 fully saturated rings. The van der Waals surface area contributed by atoms with E-state index in [1.165, 1.54) is 68.0 Å². The molecule has 2 aromatic carbocycles. The lowest BCUT2D eigenvalue weighted by Gasteiger charge is -2.55. The molecule has 3 saturated heterocycles. The number of esters is 5. The van der Waals surface area contributed by atoms with Crippen molar-refractivity contribution in [2.45, 2.75) is 302 Å². The van der Waals surface area contributed by atoms with Crippen LogP contribution in [-0.2, 0) is 60.7 Å². The number of rotatable bonds is 23.